The summed E-state index contributed by atoms with van der Waals surface area (Å²) in [5.74, 6) is 1.29. The van der Waals surface area contributed by atoms with E-state index in [0.29, 0.717) is 6.04 Å². The molecular weight excluding hydrogens is 150 g/mol. The molecule has 0 aromatic heterocycles. The number of rotatable bonds is 0. The van der Waals surface area contributed by atoms with E-state index in [1.807, 2.05) is 0 Å². The van der Waals surface area contributed by atoms with Gasteiger partial charge in [0, 0.05) is 19.6 Å². The predicted molar refractivity (Wildman–Crippen MR) is 50.6 cm³/mol. The van der Waals surface area contributed by atoms with Crippen molar-refractivity contribution in [2.75, 3.05) is 26.2 Å². The monoisotopic (exact) mass is 167 g/mol. The Morgan fingerprint density at radius 3 is 3.17 bits per heavy atom. The van der Waals surface area contributed by atoms with Crippen molar-refractivity contribution >= 4 is 5.84 Å². The van der Waals surface area contributed by atoms with E-state index in [-0.39, 0.29) is 0 Å². The standard InChI is InChI=1S/C9H17N3/c1-8-9-11-5-3-7-12(9)6-2-4-10-8/h8,10H,2-7H2,1H3. The maximum absolute atomic E-state index is 4.57. The van der Waals surface area contributed by atoms with Crippen LogP contribution in [-0.4, -0.2) is 43.0 Å². The summed E-state index contributed by atoms with van der Waals surface area (Å²) in [6.45, 7) is 6.78. The molecule has 0 aromatic carbocycles. The Kier molecular flexibility index (Phi) is 2.30. The molecule has 1 N–H and O–H groups in total. The first kappa shape index (κ1) is 8.05. The molecule has 2 heterocycles. The van der Waals surface area contributed by atoms with Crippen molar-refractivity contribution in [3.05, 3.63) is 0 Å². The average Bonchev–Trinajstić information content (AvgIpc) is 2.29. The normalized spacial score (nSPS) is 30.6. The van der Waals surface area contributed by atoms with Crippen molar-refractivity contribution in [1.29, 1.82) is 0 Å². The van der Waals surface area contributed by atoms with Crippen LogP contribution in [0.2, 0.25) is 0 Å². The van der Waals surface area contributed by atoms with Crippen LogP contribution in [0.5, 0.6) is 0 Å². The summed E-state index contributed by atoms with van der Waals surface area (Å²) in [6, 6.07) is 0.466. The maximum atomic E-state index is 4.57. The highest BCUT2D eigenvalue weighted by atomic mass is 15.2. The number of amidine groups is 1. The minimum atomic E-state index is 0.466. The van der Waals surface area contributed by atoms with Gasteiger partial charge in [0.05, 0.1) is 6.04 Å². The van der Waals surface area contributed by atoms with E-state index < -0.39 is 0 Å². The van der Waals surface area contributed by atoms with Crippen LogP contribution in [0.15, 0.2) is 4.99 Å². The molecule has 0 saturated carbocycles. The molecule has 0 amide bonds. The molecular formula is C9H17N3. The van der Waals surface area contributed by atoms with Gasteiger partial charge in [0.15, 0.2) is 0 Å². The fourth-order valence-electron chi connectivity index (χ4n) is 1.99. The molecule has 0 bridgehead atoms. The second-order valence-corrected chi connectivity index (χ2v) is 3.61. The van der Waals surface area contributed by atoms with E-state index >= 15 is 0 Å². The van der Waals surface area contributed by atoms with Crippen LogP contribution in [0.3, 0.4) is 0 Å². The molecule has 0 spiro atoms. The number of hydrogen-bond acceptors (Lipinski definition) is 3. The van der Waals surface area contributed by atoms with E-state index in [9.17, 15) is 0 Å². The lowest BCUT2D eigenvalue weighted by Crippen LogP contribution is -2.44. The lowest BCUT2D eigenvalue weighted by Gasteiger charge is -2.29. The Hall–Kier alpha value is -0.570. The summed E-state index contributed by atoms with van der Waals surface area (Å²) < 4.78 is 0. The van der Waals surface area contributed by atoms with E-state index in [2.05, 4.69) is 22.1 Å². The van der Waals surface area contributed by atoms with Crippen LogP contribution < -0.4 is 5.32 Å². The van der Waals surface area contributed by atoms with Gasteiger partial charge in [-0.3, -0.25) is 4.99 Å². The Balaban J connectivity index is 2.14. The van der Waals surface area contributed by atoms with Crippen LogP contribution in [0.25, 0.3) is 0 Å². The molecule has 1 atom stereocenters. The number of nitrogens with zero attached hydrogens (tertiary/aromatic N) is 2. The molecule has 0 aromatic rings. The van der Waals surface area contributed by atoms with Gasteiger partial charge >= 0.3 is 0 Å². The lowest BCUT2D eigenvalue weighted by molar-refractivity contribution is 0.392. The van der Waals surface area contributed by atoms with Crippen LogP contribution >= 0.6 is 0 Å². The summed E-state index contributed by atoms with van der Waals surface area (Å²) in [5, 5.41) is 3.47. The zero-order valence-electron chi connectivity index (χ0n) is 7.71. The van der Waals surface area contributed by atoms with Crippen LogP contribution in [0, 0.1) is 0 Å². The first-order chi connectivity index (χ1) is 5.88. The Morgan fingerprint density at radius 2 is 2.25 bits per heavy atom. The van der Waals surface area contributed by atoms with Gasteiger partial charge in [-0.25, -0.2) is 0 Å². The molecule has 1 fully saturated rings. The van der Waals surface area contributed by atoms with Gasteiger partial charge in [-0.15, -0.1) is 0 Å². The number of nitrogens with one attached hydrogen (secondary N) is 1. The van der Waals surface area contributed by atoms with Crippen LogP contribution in [-0.2, 0) is 0 Å². The summed E-state index contributed by atoms with van der Waals surface area (Å²) in [4.78, 5) is 7.01. The third-order valence-electron chi connectivity index (χ3n) is 2.63. The molecule has 12 heavy (non-hydrogen) atoms. The minimum absolute atomic E-state index is 0.466. The highest BCUT2D eigenvalue weighted by Gasteiger charge is 2.22. The number of aliphatic imine (C=N–C) groups is 1. The molecule has 2 aliphatic heterocycles. The van der Waals surface area contributed by atoms with Gasteiger partial charge in [-0.05, 0) is 26.3 Å². The third kappa shape index (κ3) is 1.46. The van der Waals surface area contributed by atoms with Gasteiger partial charge < -0.3 is 10.2 Å². The highest BCUT2D eigenvalue weighted by molar-refractivity contribution is 5.87. The quantitative estimate of drug-likeness (QED) is 0.568. The SMILES string of the molecule is CC1NCCCN2CCCN=C12. The Morgan fingerprint density at radius 1 is 1.42 bits per heavy atom. The number of fused-ring (bicyclic) bond motifs is 1. The topological polar surface area (TPSA) is 27.6 Å². The van der Waals surface area contributed by atoms with Gasteiger partial charge in [-0.2, -0.15) is 0 Å². The smallest absolute Gasteiger partial charge is 0.116 e. The summed E-state index contributed by atoms with van der Waals surface area (Å²) >= 11 is 0. The molecule has 2 aliphatic rings. The Labute approximate surface area is 73.9 Å². The van der Waals surface area contributed by atoms with E-state index in [0.717, 1.165) is 13.1 Å². The summed E-state index contributed by atoms with van der Waals surface area (Å²) in [6.07, 6.45) is 2.49. The third-order valence-corrected chi connectivity index (χ3v) is 2.63. The largest absolute Gasteiger partial charge is 0.359 e. The highest BCUT2D eigenvalue weighted by Crippen LogP contribution is 2.09. The van der Waals surface area contributed by atoms with Crippen LogP contribution in [0.4, 0.5) is 0 Å². The molecule has 0 aliphatic carbocycles. The molecule has 68 valence electrons. The van der Waals surface area contributed by atoms with Crippen molar-refractivity contribution in [1.82, 2.24) is 10.2 Å². The predicted octanol–water partition coefficient (Wildman–Crippen LogP) is 0.472. The van der Waals surface area contributed by atoms with E-state index in [1.165, 1.54) is 31.8 Å². The molecule has 3 nitrogen and oxygen atoms in total. The van der Waals surface area contributed by atoms with Crippen molar-refractivity contribution in [2.24, 2.45) is 4.99 Å². The summed E-state index contributed by atoms with van der Waals surface area (Å²) in [7, 11) is 0. The van der Waals surface area contributed by atoms with Crippen LogP contribution in [0.1, 0.15) is 19.8 Å². The fraction of sp³-hybridized carbons (Fsp3) is 0.889. The van der Waals surface area contributed by atoms with Gasteiger partial charge in [0.25, 0.3) is 0 Å². The average molecular weight is 167 g/mol. The Bertz CT molecular complexity index is 188. The summed E-state index contributed by atoms with van der Waals surface area (Å²) in [5.41, 5.74) is 0. The minimum Gasteiger partial charge on any atom is -0.359 e. The first-order valence-corrected chi connectivity index (χ1v) is 4.90. The second kappa shape index (κ2) is 3.44. The maximum Gasteiger partial charge on any atom is 0.116 e. The van der Waals surface area contributed by atoms with Crippen molar-refractivity contribution in [2.45, 2.75) is 25.8 Å². The van der Waals surface area contributed by atoms with Crippen molar-refractivity contribution in [3.8, 4) is 0 Å². The fourth-order valence-corrected chi connectivity index (χ4v) is 1.99. The van der Waals surface area contributed by atoms with Crippen molar-refractivity contribution < 1.29 is 0 Å². The van der Waals surface area contributed by atoms with E-state index in [4.69, 9.17) is 0 Å². The first-order valence-electron chi connectivity index (χ1n) is 4.90. The van der Waals surface area contributed by atoms with E-state index in [1.54, 1.807) is 0 Å². The van der Waals surface area contributed by atoms with Gasteiger partial charge in [0.1, 0.15) is 5.84 Å². The molecule has 1 saturated heterocycles. The van der Waals surface area contributed by atoms with Crippen molar-refractivity contribution in [3.63, 3.8) is 0 Å². The molecule has 2 rings (SSSR count). The zero-order valence-corrected chi connectivity index (χ0v) is 7.71. The van der Waals surface area contributed by atoms with Gasteiger partial charge in [0.2, 0.25) is 0 Å². The lowest BCUT2D eigenvalue weighted by atomic mass is 10.2. The molecule has 3 heteroatoms. The molecule has 1 unspecified atom stereocenters. The molecule has 0 radical (unpaired) electrons. The van der Waals surface area contributed by atoms with Gasteiger partial charge in [-0.1, -0.05) is 0 Å². The second-order valence-electron chi connectivity index (χ2n) is 3.61. The zero-order chi connectivity index (χ0) is 8.39. The number of hydrogen-bond donors (Lipinski definition) is 1.